The fourth-order valence-electron chi connectivity index (χ4n) is 2.60. The van der Waals surface area contributed by atoms with Crippen molar-refractivity contribution in [1.29, 1.82) is 0 Å². The SMILES string of the molecule is C[C@@H]1O[C@@H](Oc2ccc(Cl)cc2)[C@H](O)[C@H](OC(=S)Oc2ccccc2)[C@H]1O. The largest absolute Gasteiger partial charge is 0.462 e. The summed E-state index contributed by atoms with van der Waals surface area (Å²) in [5.74, 6) is 0.939. The Hall–Kier alpha value is -1.90. The Labute approximate surface area is 167 Å². The van der Waals surface area contributed by atoms with Crippen molar-refractivity contribution in [2.45, 2.75) is 37.6 Å². The van der Waals surface area contributed by atoms with Crippen LogP contribution in [0, 0.1) is 0 Å². The van der Waals surface area contributed by atoms with Gasteiger partial charge in [0.15, 0.2) is 12.2 Å². The zero-order valence-corrected chi connectivity index (χ0v) is 16.0. The van der Waals surface area contributed by atoms with Crippen LogP contribution in [0.1, 0.15) is 6.92 Å². The highest BCUT2D eigenvalue weighted by molar-refractivity contribution is 7.79. The third kappa shape index (κ3) is 5.09. The summed E-state index contributed by atoms with van der Waals surface area (Å²) in [7, 11) is 0. The average Bonchev–Trinajstić information content (AvgIpc) is 2.66. The van der Waals surface area contributed by atoms with Crippen molar-refractivity contribution < 1.29 is 29.2 Å². The maximum absolute atomic E-state index is 10.6. The molecule has 8 heteroatoms. The summed E-state index contributed by atoms with van der Waals surface area (Å²) < 4.78 is 22.1. The summed E-state index contributed by atoms with van der Waals surface area (Å²) in [5.41, 5.74) is 0. The van der Waals surface area contributed by atoms with Crippen LogP contribution in [-0.4, -0.2) is 46.2 Å². The summed E-state index contributed by atoms with van der Waals surface area (Å²) in [5, 5.41) is 21.3. The van der Waals surface area contributed by atoms with Crippen LogP contribution in [0.2, 0.25) is 5.02 Å². The van der Waals surface area contributed by atoms with Crippen molar-refractivity contribution in [3.63, 3.8) is 0 Å². The molecule has 1 heterocycles. The van der Waals surface area contributed by atoms with Gasteiger partial charge in [0.2, 0.25) is 6.29 Å². The second kappa shape index (κ2) is 8.86. The molecule has 6 nitrogen and oxygen atoms in total. The Morgan fingerprint density at radius 2 is 1.67 bits per heavy atom. The maximum Gasteiger partial charge on any atom is 0.358 e. The van der Waals surface area contributed by atoms with Crippen LogP contribution in [0.15, 0.2) is 54.6 Å². The number of benzene rings is 2. The molecule has 0 unspecified atom stereocenters. The molecule has 5 atom stereocenters. The third-order valence-electron chi connectivity index (χ3n) is 4.02. The highest BCUT2D eigenvalue weighted by Crippen LogP contribution is 2.27. The molecule has 1 aliphatic heterocycles. The van der Waals surface area contributed by atoms with Gasteiger partial charge in [-0.2, -0.15) is 0 Å². The van der Waals surface area contributed by atoms with Crippen molar-refractivity contribution in [3.05, 3.63) is 59.6 Å². The van der Waals surface area contributed by atoms with Crippen LogP contribution in [0.3, 0.4) is 0 Å². The van der Waals surface area contributed by atoms with Crippen LogP contribution in [0.4, 0.5) is 0 Å². The van der Waals surface area contributed by atoms with E-state index in [1.54, 1.807) is 55.5 Å². The number of aliphatic hydroxyl groups is 2. The summed E-state index contributed by atoms with van der Waals surface area (Å²) in [4.78, 5) is 0. The number of para-hydroxylation sites is 1. The summed E-state index contributed by atoms with van der Waals surface area (Å²) in [6, 6.07) is 15.4. The van der Waals surface area contributed by atoms with Crippen molar-refractivity contribution >= 4 is 29.1 Å². The predicted octanol–water partition coefficient (Wildman–Crippen LogP) is 2.93. The normalized spacial score (nSPS) is 27.6. The second-order valence-corrected chi connectivity index (χ2v) is 6.78. The van der Waals surface area contributed by atoms with E-state index in [2.05, 4.69) is 0 Å². The van der Waals surface area contributed by atoms with Crippen LogP contribution in [0.25, 0.3) is 0 Å². The van der Waals surface area contributed by atoms with E-state index in [1.807, 2.05) is 6.07 Å². The molecule has 3 rings (SSSR count). The molecular weight excluding hydrogens is 392 g/mol. The van der Waals surface area contributed by atoms with Crippen molar-refractivity contribution in [1.82, 2.24) is 0 Å². The Morgan fingerprint density at radius 3 is 2.33 bits per heavy atom. The monoisotopic (exact) mass is 410 g/mol. The van der Waals surface area contributed by atoms with E-state index >= 15 is 0 Å². The lowest BCUT2D eigenvalue weighted by molar-refractivity contribution is -0.266. The molecule has 0 radical (unpaired) electrons. The van der Waals surface area contributed by atoms with Crippen molar-refractivity contribution in [2.24, 2.45) is 0 Å². The maximum atomic E-state index is 10.6. The van der Waals surface area contributed by atoms with Gasteiger partial charge in [0.1, 0.15) is 17.6 Å². The van der Waals surface area contributed by atoms with Crippen LogP contribution in [0.5, 0.6) is 11.5 Å². The van der Waals surface area contributed by atoms with Gasteiger partial charge in [-0.15, -0.1) is 0 Å². The average molecular weight is 411 g/mol. The van der Waals surface area contributed by atoms with Gasteiger partial charge in [-0.1, -0.05) is 29.8 Å². The lowest BCUT2D eigenvalue weighted by Gasteiger charge is -2.40. The van der Waals surface area contributed by atoms with E-state index in [4.69, 9.17) is 42.8 Å². The Bertz CT molecular complexity index is 757. The van der Waals surface area contributed by atoms with Crippen LogP contribution in [-0.2, 0) is 9.47 Å². The predicted molar refractivity (Wildman–Crippen MR) is 103 cm³/mol. The Balaban J connectivity index is 1.67. The van der Waals surface area contributed by atoms with E-state index in [1.165, 1.54) is 0 Å². The molecule has 2 aromatic carbocycles. The zero-order valence-electron chi connectivity index (χ0n) is 14.4. The molecule has 0 aliphatic carbocycles. The van der Waals surface area contributed by atoms with E-state index in [0.717, 1.165) is 0 Å². The number of aliphatic hydroxyl groups excluding tert-OH is 2. The minimum absolute atomic E-state index is 0.219. The smallest absolute Gasteiger partial charge is 0.358 e. The minimum Gasteiger partial charge on any atom is -0.462 e. The number of rotatable bonds is 4. The molecule has 0 amide bonds. The van der Waals surface area contributed by atoms with Gasteiger partial charge in [-0.05, 0) is 43.3 Å². The first-order chi connectivity index (χ1) is 12.9. The molecule has 0 saturated carbocycles. The van der Waals surface area contributed by atoms with Crippen molar-refractivity contribution in [3.8, 4) is 11.5 Å². The third-order valence-corrected chi connectivity index (χ3v) is 4.46. The van der Waals surface area contributed by atoms with Gasteiger partial charge in [0.25, 0.3) is 0 Å². The van der Waals surface area contributed by atoms with Gasteiger partial charge in [-0.3, -0.25) is 0 Å². The van der Waals surface area contributed by atoms with Crippen LogP contribution >= 0.6 is 23.8 Å². The van der Waals surface area contributed by atoms with Gasteiger partial charge in [0, 0.05) is 17.2 Å². The topological polar surface area (TPSA) is 77.4 Å². The van der Waals surface area contributed by atoms with Crippen LogP contribution < -0.4 is 9.47 Å². The first kappa shape index (κ1) is 19.9. The molecule has 1 fully saturated rings. The number of halogens is 1. The van der Waals surface area contributed by atoms with Gasteiger partial charge >= 0.3 is 5.24 Å². The number of hydrogen-bond donors (Lipinski definition) is 2. The van der Waals surface area contributed by atoms with Gasteiger partial charge in [-0.25, -0.2) is 0 Å². The quantitative estimate of drug-likeness (QED) is 0.750. The fraction of sp³-hybridized carbons (Fsp3) is 0.316. The summed E-state index contributed by atoms with van der Waals surface area (Å²) in [6.45, 7) is 1.65. The lowest BCUT2D eigenvalue weighted by atomic mass is 10.00. The number of hydrogen-bond acceptors (Lipinski definition) is 7. The van der Waals surface area contributed by atoms with Gasteiger partial charge < -0.3 is 29.2 Å². The van der Waals surface area contributed by atoms with E-state index in [9.17, 15) is 10.2 Å². The summed E-state index contributed by atoms with van der Waals surface area (Å²) in [6.07, 6.45) is -5.22. The van der Waals surface area contributed by atoms with E-state index in [0.29, 0.717) is 16.5 Å². The minimum atomic E-state index is -1.30. The first-order valence-corrected chi connectivity index (χ1v) is 9.10. The fourth-order valence-corrected chi connectivity index (χ4v) is 2.93. The standard InChI is InChI=1S/C19H19ClO6S/c1-11-15(21)17(26-19(27)25-13-5-3-2-4-6-13)16(22)18(23-11)24-14-9-7-12(20)8-10-14/h2-11,15-18,21-22H,1H3/t11-,15-,16+,17+,18-/m0/s1. The molecule has 0 bridgehead atoms. The first-order valence-electron chi connectivity index (χ1n) is 8.31. The summed E-state index contributed by atoms with van der Waals surface area (Å²) >= 11 is 10.9. The van der Waals surface area contributed by atoms with E-state index < -0.39 is 30.7 Å². The molecule has 1 aliphatic rings. The second-order valence-electron chi connectivity index (χ2n) is 6.01. The zero-order chi connectivity index (χ0) is 19.4. The number of ether oxygens (including phenoxy) is 4. The van der Waals surface area contributed by atoms with E-state index in [-0.39, 0.29) is 5.24 Å². The molecule has 0 spiro atoms. The highest BCUT2D eigenvalue weighted by atomic mass is 35.5. The molecule has 2 aromatic rings. The Morgan fingerprint density at radius 1 is 1.00 bits per heavy atom. The highest BCUT2D eigenvalue weighted by Gasteiger charge is 2.46. The molecule has 2 N–H and O–H groups in total. The Kier molecular flexibility index (Phi) is 6.51. The van der Waals surface area contributed by atoms with Gasteiger partial charge in [0.05, 0.1) is 6.10 Å². The molecule has 1 saturated heterocycles. The molecule has 144 valence electrons. The number of thiocarbonyl (C=S) groups is 1. The van der Waals surface area contributed by atoms with Crippen molar-refractivity contribution in [2.75, 3.05) is 0 Å². The molecule has 27 heavy (non-hydrogen) atoms. The lowest BCUT2D eigenvalue weighted by Crippen LogP contribution is -2.59. The molecular formula is C19H19ClO6S. The molecule has 0 aromatic heterocycles.